The number of carbonyl (C=O) groups excluding carboxylic acids is 1. The lowest BCUT2D eigenvalue weighted by Crippen LogP contribution is -2.31. The highest BCUT2D eigenvalue weighted by Crippen LogP contribution is 2.11. The predicted octanol–water partition coefficient (Wildman–Crippen LogP) is 1.15. The fourth-order valence-corrected chi connectivity index (χ4v) is 1.27. The van der Waals surface area contributed by atoms with Crippen LogP contribution in [0, 0.1) is 0 Å². The molecule has 1 heterocycles. The number of nitrogen functional groups attached to an aromatic ring is 1. The molecule has 0 radical (unpaired) electrons. The summed E-state index contributed by atoms with van der Waals surface area (Å²) in [7, 11) is 0. The van der Waals surface area contributed by atoms with Crippen molar-refractivity contribution in [1.29, 1.82) is 0 Å². The third-order valence-electron chi connectivity index (χ3n) is 2.14. The van der Waals surface area contributed by atoms with Gasteiger partial charge < -0.3 is 10.6 Å². The fourth-order valence-electron chi connectivity index (χ4n) is 1.27. The van der Waals surface area contributed by atoms with Gasteiger partial charge in [-0.05, 0) is 19.9 Å². The van der Waals surface area contributed by atoms with E-state index < -0.39 is 0 Å². The molecule has 1 aromatic heterocycles. The van der Waals surface area contributed by atoms with Crippen LogP contribution in [0.1, 0.15) is 24.2 Å². The molecule has 76 valence electrons. The first-order valence-corrected chi connectivity index (χ1v) is 4.69. The summed E-state index contributed by atoms with van der Waals surface area (Å²) in [5.41, 5.74) is 6.65. The summed E-state index contributed by atoms with van der Waals surface area (Å²) in [6.07, 6.45) is 3.09. The first-order chi connectivity index (χ1) is 6.70. The molecule has 0 fully saturated rings. The van der Waals surface area contributed by atoms with Crippen molar-refractivity contribution in [2.45, 2.75) is 13.8 Å². The molecule has 14 heavy (non-hydrogen) atoms. The Morgan fingerprint density at radius 2 is 2.14 bits per heavy atom. The molecular weight excluding hydrogens is 178 g/mol. The molecule has 2 N–H and O–H groups in total. The Hall–Kier alpha value is -1.58. The topological polar surface area (TPSA) is 59.2 Å². The Morgan fingerprint density at radius 3 is 2.64 bits per heavy atom. The molecule has 0 aliphatic heterocycles. The third kappa shape index (κ3) is 2.02. The number of anilines is 1. The van der Waals surface area contributed by atoms with Crippen molar-refractivity contribution in [2.75, 3.05) is 18.8 Å². The van der Waals surface area contributed by atoms with Gasteiger partial charge in [-0.2, -0.15) is 0 Å². The number of amides is 1. The van der Waals surface area contributed by atoms with Gasteiger partial charge in [0.15, 0.2) is 0 Å². The molecule has 0 atom stereocenters. The second-order valence-corrected chi connectivity index (χ2v) is 2.94. The molecule has 1 amide bonds. The average Bonchev–Trinajstić information content (AvgIpc) is 2.20. The van der Waals surface area contributed by atoms with Gasteiger partial charge in [-0.25, -0.2) is 0 Å². The lowest BCUT2D eigenvalue weighted by atomic mass is 10.2. The first kappa shape index (κ1) is 10.5. The van der Waals surface area contributed by atoms with Crippen LogP contribution in [0.15, 0.2) is 18.5 Å². The van der Waals surface area contributed by atoms with E-state index >= 15 is 0 Å². The van der Waals surface area contributed by atoms with Crippen molar-refractivity contribution in [3.8, 4) is 0 Å². The van der Waals surface area contributed by atoms with Crippen molar-refractivity contribution in [2.24, 2.45) is 0 Å². The molecular formula is C10H15N3O. The van der Waals surface area contributed by atoms with Gasteiger partial charge in [0.05, 0.1) is 5.56 Å². The largest absolute Gasteiger partial charge is 0.398 e. The van der Waals surface area contributed by atoms with Crippen LogP contribution in [0.5, 0.6) is 0 Å². The van der Waals surface area contributed by atoms with Crippen LogP contribution >= 0.6 is 0 Å². The zero-order chi connectivity index (χ0) is 10.6. The number of carbonyl (C=O) groups is 1. The van der Waals surface area contributed by atoms with Gasteiger partial charge in [-0.15, -0.1) is 0 Å². The maximum Gasteiger partial charge on any atom is 0.257 e. The van der Waals surface area contributed by atoms with E-state index in [1.807, 2.05) is 13.8 Å². The molecule has 0 aromatic carbocycles. The Labute approximate surface area is 83.7 Å². The summed E-state index contributed by atoms with van der Waals surface area (Å²) in [6.45, 7) is 5.25. The summed E-state index contributed by atoms with van der Waals surface area (Å²) in [6, 6.07) is 1.64. The van der Waals surface area contributed by atoms with E-state index in [2.05, 4.69) is 4.98 Å². The van der Waals surface area contributed by atoms with Crippen molar-refractivity contribution in [1.82, 2.24) is 9.88 Å². The highest BCUT2D eigenvalue weighted by molar-refractivity contribution is 5.98. The molecule has 0 bridgehead atoms. The normalized spacial score (nSPS) is 9.86. The average molecular weight is 193 g/mol. The Balaban J connectivity index is 2.94. The summed E-state index contributed by atoms with van der Waals surface area (Å²) in [5.74, 6) is -0.0550. The predicted molar refractivity (Wildman–Crippen MR) is 55.9 cm³/mol. The molecule has 0 saturated carbocycles. The van der Waals surface area contributed by atoms with Crippen LogP contribution < -0.4 is 5.73 Å². The molecule has 1 aromatic rings. The highest BCUT2D eigenvalue weighted by atomic mass is 16.2. The maximum atomic E-state index is 11.8. The minimum atomic E-state index is -0.0550. The van der Waals surface area contributed by atoms with E-state index in [-0.39, 0.29) is 5.91 Å². The number of nitrogens with zero attached hydrogens (tertiary/aromatic N) is 2. The van der Waals surface area contributed by atoms with Crippen molar-refractivity contribution >= 4 is 11.6 Å². The summed E-state index contributed by atoms with van der Waals surface area (Å²) < 4.78 is 0. The van der Waals surface area contributed by atoms with E-state index in [0.29, 0.717) is 24.3 Å². The lowest BCUT2D eigenvalue weighted by molar-refractivity contribution is 0.0773. The zero-order valence-corrected chi connectivity index (χ0v) is 8.53. The second kappa shape index (κ2) is 4.60. The zero-order valence-electron chi connectivity index (χ0n) is 8.53. The van der Waals surface area contributed by atoms with Crippen LogP contribution in [-0.4, -0.2) is 28.9 Å². The molecule has 0 saturated heterocycles. The van der Waals surface area contributed by atoms with Crippen LogP contribution in [0.4, 0.5) is 5.69 Å². The summed E-state index contributed by atoms with van der Waals surface area (Å²) in [4.78, 5) is 17.4. The number of rotatable bonds is 3. The first-order valence-electron chi connectivity index (χ1n) is 4.69. The number of hydrogen-bond acceptors (Lipinski definition) is 3. The second-order valence-electron chi connectivity index (χ2n) is 2.94. The smallest absolute Gasteiger partial charge is 0.257 e. The number of aromatic nitrogens is 1. The summed E-state index contributed by atoms with van der Waals surface area (Å²) in [5, 5.41) is 0. The van der Waals surface area contributed by atoms with Gasteiger partial charge in [0.25, 0.3) is 5.91 Å². The fraction of sp³-hybridized carbons (Fsp3) is 0.400. The van der Waals surface area contributed by atoms with E-state index in [1.165, 1.54) is 6.20 Å². The monoisotopic (exact) mass is 193 g/mol. The standard InChI is InChI=1S/C10H15N3O/c1-3-13(4-2)10(14)8-7-12-6-5-9(8)11/h5-7H,3-4H2,1-2H3,(H2,11,12). The van der Waals surface area contributed by atoms with Gasteiger partial charge in [0.1, 0.15) is 0 Å². The molecule has 4 nitrogen and oxygen atoms in total. The van der Waals surface area contributed by atoms with E-state index in [9.17, 15) is 4.79 Å². The minimum Gasteiger partial charge on any atom is -0.398 e. The maximum absolute atomic E-state index is 11.8. The van der Waals surface area contributed by atoms with Crippen molar-refractivity contribution in [3.63, 3.8) is 0 Å². The van der Waals surface area contributed by atoms with E-state index in [4.69, 9.17) is 5.73 Å². The molecule has 0 aliphatic rings. The van der Waals surface area contributed by atoms with Gasteiger partial charge in [0, 0.05) is 31.2 Å². The minimum absolute atomic E-state index is 0.0550. The van der Waals surface area contributed by atoms with Crippen molar-refractivity contribution in [3.05, 3.63) is 24.0 Å². The summed E-state index contributed by atoms with van der Waals surface area (Å²) >= 11 is 0. The molecule has 4 heteroatoms. The van der Waals surface area contributed by atoms with Crippen LogP contribution in [0.25, 0.3) is 0 Å². The SMILES string of the molecule is CCN(CC)C(=O)c1cnccc1N. The van der Waals surface area contributed by atoms with Crippen LogP contribution in [-0.2, 0) is 0 Å². The van der Waals surface area contributed by atoms with E-state index in [0.717, 1.165) is 0 Å². The molecule has 1 rings (SSSR count). The van der Waals surface area contributed by atoms with Gasteiger partial charge in [-0.1, -0.05) is 0 Å². The number of nitrogens with two attached hydrogens (primary N) is 1. The Kier molecular flexibility index (Phi) is 3.45. The van der Waals surface area contributed by atoms with Gasteiger partial charge >= 0.3 is 0 Å². The highest BCUT2D eigenvalue weighted by Gasteiger charge is 2.14. The van der Waals surface area contributed by atoms with Crippen LogP contribution in [0.3, 0.4) is 0 Å². The third-order valence-corrected chi connectivity index (χ3v) is 2.14. The van der Waals surface area contributed by atoms with Crippen molar-refractivity contribution < 1.29 is 4.79 Å². The number of hydrogen-bond donors (Lipinski definition) is 1. The number of pyridine rings is 1. The van der Waals surface area contributed by atoms with E-state index in [1.54, 1.807) is 17.2 Å². The van der Waals surface area contributed by atoms with Gasteiger partial charge in [0.2, 0.25) is 0 Å². The van der Waals surface area contributed by atoms with Crippen LogP contribution in [0.2, 0.25) is 0 Å². The molecule has 0 aliphatic carbocycles. The molecule has 0 unspecified atom stereocenters. The Morgan fingerprint density at radius 1 is 1.50 bits per heavy atom. The molecule has 0 spiro atoms. The quantitative estimate of drug-likeness (QED) is 0.783. The Bertz CT molecular complexity index is 321. The van der Waals surface area contributed by atoms with Gasteiger partial charge in [-0.3, -0.25) is 9.78 Å². The lowest BCUT2D eigenvalue weighted by Gasteiger charge is -2.18.